The number of aromatic nitrogens is 1. The quantitative estimate of drug-likeness (QED) is 0.866. The standard InChI is InChI=1S/C19H15ClN4O2/c1-11-16(19(25)24-14-6-4-13(20)5-7-14)17(12-3-2-8-23-10-12)15(9-21)18(22)26-11/h2-8,10,17H,22H2,1H3,(H,24,25)/t17-/m1/s1. The van der Waals surface area contributed by atoms with Crippen molar-refractivity contribution >= 4 is 23.2 Å². The zero-order chi connectivity index (χ0) is 18.7. The van der Waals surface area contributed by atoms with Gasteiger partial charge in [-0.05, 0) is 42.8 Å². The number of halogens is 1. The minimum Gasteiger partial charge on any atom is -0.445 e. The lowest BCUT2D eigenvalue weighted by atomic mass is 9.83. The van der Waals surface area contributed by atoms with Gasteiger partial charge in [-0.2, -0.15) is 5.26 Å². The van der Waals surface area contributed by atoms with E-state index in [0.29, 0.717) is 27.6 Å². The highest BCUT2D eigenvalue weighted by molar-refractivity contribution is 6.30. The highest BCUT2D eigenvalue weighted by Crippen LogP contribution is 2.39. The molecule has 1 aromatic heterocycles. The Labute approximate surface area is 155 Å². The predicted molar refractivity (Wildman–Crippen MR) is 97.7 cm³/mol. The summed E-state index contributed by atoms with van der Waals surface area (Å²) in [6, 6.07) is 12.3. The Balaban J connectivity index is 2.02. The summed E-state index contributed by atoms with van der Waals surface area (Å²) < 4.78 is 5.44. The summed E-state index contributed by atoms with van der Waals surface area (Å²) in [5, 5.41) is 12.9. The van der Waals surface area contributed by atoms with Crippen molar-refractivity contribution in [3.05, 3.63) is 82.2 Å². The highest BCUT2D eigenvalue weighted by atomic mass is 35.5. The molecule has 3 N–H and O–H groups in total. The molecule has 1 aliphatic rings. The van der Waals surface area contributed by atoms with Gasteiger partial charge in [0.25, 0.3) is 5.91 Å². The van der Waals surface area contributed by atoms with Crippen molar-refractivity contribution in [2.75, 3.05) is 5.32 Å². The minimum absolute atomic E-state index is 0.0121. The number of ether oxygens (including phenoxy) is 1. The van der Waals surface area contributed by atoms with Crippen LogP contribution in [0, 0.1) is 11.3 Å². The number of nitrogens with one attached hydrogen (secondary N) is 1. The average Bonchev–Trinajstić information content (AvgIpc) is 2.63. The van der Waals surface area contributed by atoms with Crippen molar-refractivity contribution in [1.29, 1.82) is 5.26 Å². The first-order valence-corrected chi connectivity index (χ1v) is 8.14. The molecule has 7 heteroatoms. The Morgan fingerprint density at radius 2 is 2.08 bits per heavy atom. The molecule has 1 aromatic carbocycles. The van der Waals surface area contributed by atoms with Crippen LogP contribution in [0.3, 0.4) is 0 Å². The number of nitriles is 1. The molecule has 6 nitrogen and oxygen atoms in total. The van der Waals surface area contributed by atoms with Gasteiger partial charge in [-0.3, -0.25) is 9.78 Å². The maximum Gasteiger partial charge on any atom is 0.255 e. The fourth-order valence-electron chi connectivity index (χ4n) is 2.79. The number of amides is 1. The molecule has 1 aliphatic heterocycles. The Morgan fingerprint density at radius 3 is 2.69 bits per heavy atom. The van der Waals surface area contributed by atoms with E-state index in [1.54, 1.807) is 55.7 Å². The summed E-state index contributed by atoms with van der Waals surface area (Å²) >= 11 is 5.87. The lowest BCUT2D eigenvalue weighted by molar-refractivity contribution is -0.113. The maximum atomic E-state index is 12.9. The predicted octanol–water partition coefficient (Wildman–Crippen LogP) is 3.46. The SMILES string of the molecule is CC1=C(C(=O)Nc2ccc(Cl)cc2)[C@H](c2cccnc2)C(C#N)=C(N)O1. The first kappa shape index (κ1) is 17.5. The first-order chi connectivity index (χ1) is 12.5. The topological polar surface area (TPSA) is 101 Å². The number of benzene rings is 1. The maximum absolute atomic E-state index is 12.9. The summed E-state index contributed by atoms with van der Waals surface area (Å²) in [6.07, 6.45) is 3.22. The van der Waals surface area contributed by atoms with Crippen molar-refractivity contribution < 1.29 is 9.53 Å². The Hall–Kier alpha value is -3.30. The van der Waals surface area contributed by atoms with Crippen molar-refractivity contribution in [1.82, 2.24) is 4.98 Å². The van der Waals surface area contributed by atoms with E-state index in [1.165, 1.54) is 0 Å². The summed E-state index contributed by atoms with van der Waals surface area (Å²) in [5.41, 5.74) is 7.60. The van der Waals surface area contributed by atoms with Crippen LogP contribution in [0.1, 0.15) is 18.4 Å². The van der Waals surface area contributed by atoms with Gasteiger partial charge in [0.15, 0.2) is 0 Å². The van der Waals surface area contributed by atoms with Crippen LogP contribution in [0.25, 0.3) is 0 Å². The third-order valence-corrected chi connectivity index (χ3v) is 4.22. The number of anilines is 1. The van der Waals surface area contributed by atoms with Gasteiger partial charge in [0.1, 0.15) is 17.4 Å². The third kappa shape index (κ3) is 3.39. The Morgan fingerprint density at radius 1 is 1.35 bits per heavy atom. The van der Waals surface area contributed by atoms with E-state index in [9.17, 15) is 10.1 Å². The van der Waals surface area contributed by atoms with E-state index in [2.05, 4.69) is 10.3 Å². The number of nitrogens with two attached hydrogens (primary N) is 1. The van der Waals surface area contributed by atoms with Gasteiger partial charge in [-0.1, -0.05) is 17.7 Å². The molecule has 0 aliphatic carbocycles. The normalized spacial score (nSPS) is 16.7. The van der Waals surface area contributed by atoms with Crippen LogP contribution in [0.5, 0.6) is 0 Å². The molecule has 0 saturated carbocycles. The lowest BCUT2D eigenvalue weighted by Crippen LogP contribution is -2.27. The number of allylic oxidation sites excluding steroid dienone is 2. The minimum atomic E-state index is -0.658. The van der Waals surface area contributed by atoms with E-state index in [0.717, 1.165) is 0 Å². The zero-order valence-electron chi connectivity index (χ0n) is 13.9. The summed E-state index contributed by atoms with van der Waals surface area (Å²) in [6.45, 7) is 1.64. The van der Waals surface area contributed by atoms with Crippen LogP contribution in [0.4, 0.5) is 5.69 Å². The molecule has 0 bridgehead atoms. The molecule has 2 heterocycles. The van der Waals surface area contributed by atoms with Crippen LogP contribution < -0.4 is 11.1 Å². The molecule has 0 saturated heterocycles. The largest absolute Gasteiger partial charge is 0.445 e. The van der Waals surface area contributed by atoms with Crippen molar-refractivity contribution in [2.45, 2.75) is 12.8 Å². The van der Waals surface area contributed by atoms with E-state index in [4.69, 9.17) is 22.1 Å². The first-order valence-electron chi connectivity index (χ1n) is 7.76. The van der Waals surface area contributed by atoms with Crippen LogP contribution in [0.15, 0.2) is 71.6 Å². The molecule has 0 unspecified atom stereocenters. The second-order valence-electron chi connectivity index (χ2n) is 5.64. The van der Waals surface area contributed by atoms with E-state index in [1.807, 2.05) is 6.07 Å². The number of hydrogen-bond acceptors (Lipinski definition) is 5. The van der Waals surface area contributed by atoms with Crippen molar-refractivity contribution in [3.8, 4) is 6.07 Å². The summed E-state index contributed by atoms with van der Waals surface area (Å²) in [7, 11) is 0. The Kier molecular flexibility index (Phi) is 4.92. The van der Waals surface area contributed by atoms with Gasteiger partial charge in [0.2, 0.25) is 5.88 Å². The molecule has 130 valence electrons. The van der Waals surface area contributed by atoms with Gasteiger partial charge in [0.05, 0.1) is 11.5 Å². The van der Waals surface area contributed by atoms with Gasteiger partial charge in [-0.25, -0.2) is 0 Å². The molecule has 0 fully saturated rings. The third-order valence-electron chi connectivity index (χ3n) is 3.97. The van der Waals surface area contributed by atoms with Crippen molar-refractivity contribution in [3.63, 3.8) is 0 Å². The van der Waals surface area contributed by atoms with Crippen LogP contribution in [-0.2, 0) is 9.53 Å². The monoisotopic (exact) mass is 366 g/mol. The molecule has 3 rings (SSSR count). The molecule has 2 aromatic rings. The van der Waals surface area contributed by atoms with E-state index in [-0.39, 0.29) is 17.4 Å². The molecule has 26 heavy (non-hydrogen) atoms. The Bertz CT molecular complexity index is 944. The lowest BCUT2D eigenvalue weighted by Gasteiger charge is -2.27. The smallest absolute Gasteiger partial charge is 0.255 e. The number of nitrogens with zero attached hydrogens (tertiary/aromatic N) is 2. The van der Waals surface area contributed by atoms with E-state index < -0.39 is 5.92 Å². The molecule has 1 amide bonds. The summed E-state index contributed by atoms with van der Waals surface area (Å²) in [5.74, 6) is -0.725. The van der Waals surface area contributed by atoms with Gasteiger partial charge < -0.3 is 15.8 Å². The van der Waals surface area contributed by atoms with Gasteiger partial charge in [-0.15, -0.1) is 0 Å². The molecule has 1 atom stereocenters. The van der Waals surface area contributed by atoms with Crippen LogP contribution in [-0.4, -0.2) is 10.9 Å². The van der Waals surface area contributed by atoms with E-state index >= 15 is 0 Å². The van der Waals surface area contributed by atoms with Gasteiger partial charge >= 0.3 is 0 Å². The fraction of sp³-hybridized carbons (Fsp3) is 0.105. The second kappa shape index (κ2) is 7.30. The molecular formula is C19H15ClN4O2. The van der Waals surface area contributed by atoms with Crippen LogP contribution in [0.2, 0.25) is 5.02 Å². The summed E-state index contributed by atoms with van der Waals surface area (Å²) in [4.78, 5) is 17.0. The number of carbonyl (C=O) groups excluding carboxylic acids is 1. The second-order valence-corrected chi connectivity index (χ2v) is 6.08. The van der Waals surface area contributed by atoms with Crippen LogP contribution >= 0.6 is 11.6 Å². The fourth-order valence-corrected chi connectivity index (χ4v) is 2.91. The number of carbonyl (C=O) groups is 1. The van der Waals surface area contributed by atoms with Crippen molar-refractivity contribution in [2.24, 2.45) is 5.73 Å². The molecular weight excluding hydrogens is 352 g/mol. The molecule has 0 radical (unpaired) electrons. The van der Waals surface area contributed by atoms with Gasteiger partial charge in [0, 0.05) is 23.1 Å². The number of pyridine rings is 1. The zero-order valence-corrected chi connectivity index (χ0v) is 14.6. The highest BCUT2D eigenvalue weighted by Gasteiger charge is 2.35. The molecule has 0 spiro atoms. The average molecular weight is 367 g/mol. The number of rotatable bonds is 3. The number of hydrogen-bond donors (Lipinski definition) is 2.